The van der Waals surface area contributed by atoms with Gasteiger partial charge in [0.25, 0.3) is 5.91 Å². The number of rotatable bonds is 2. The lowest BCUT2D eigenvalue weighted by atomic mass is 10.0. The molecular formula is C10H13N3O2. The van der Waals surface area contributed by atoms with Crippen molar-refractivity contribution in [2.75, 3.05) is 25.4 Å². The molecule has 0 atom stereocenters. The Kier molecular flexibility index (Phi) is 2.55. The van der Waals surface area contributed by atoms with Crippen molar-refractivity contribution in [3.63, 3.8) is 0 Å². The number of anilines is 1. The van der Waals surface area contributed by atoms with Crippen molar-refractivity contribution in [3.8, 4) is 0 Å². The molecule has 1 aromatic rings. The molecule has 0 radical (unpaired) electrons. The molecule has 0 spiro atoms. The van der Waals surface area contributed by atoms with Crippen LogP contribution in [-0.2, 0) is 0 Å². The van der Waals surface area contributed by atoms with Crippen LogP contribution in [0, 0.1) is 5.92 Å². The summed E-state index contributed by atoms with van der Waals surface area (Å²) in [5, 5.41) is 8.82. The number of carbonyl (C=O) groups is 1. The van der Waals surface area contributed by atoms with Crippen LogP contribution < -0.4 is 5.73 Å². The molecule has 1 amide bonds. The monoisotopic (exact) mass is 207 g/mol. The van der Waals surface area contributed by atoms with Crippen LogP contribution in [0.1, 0.15) is 10.5 Å². The summed E-state index contributed by atoms with van der Waals surface area (Å²) in [6, 6.07) is 3.27. The molecule has 0 unspecified atom stereocenters. The van der Waals surface area contributed by atoms with Gasteiger partial charge in [-0.1, -0.05) is 0 Å². The predicted octanol–water partition coefficient (Wildman–Crippen LogP) is -0.272. The van der Waals surface area contributed by atoms with E-state index in [-0.39, 0.29) is 18.4 Å². The first-order valence-corrected chi connectivity index (χ1v) is 4.82. The van der Waals surface area contributed by atoms with Crippen LogP contribution in [0.3, 0.4) is 0 Å². The molecule has 5 heteroatoms. The lowest BCUT2D eigenvalue weighted by Gasteiger charge is -2.37. The SMILES string of the molecule is Nc1ccc(C(=O)N2CC(CO)C2)nc1. The summed E-state index contributed by atoms with van der Waals surface area (Å²) in [6.45, 7) is 1.36. The molecule has 1 fully saturated rings. The van der Waals surface area contributed by atoms with Gasteiger partial charge in [0.2, 0.25) is 0 Å². The number of aliphatic hydroxyl groups excluding tert-OH is 1. The molecule has 15 heavy (non-hydrogen) atoms. The Morgan fingerprint density at radius 3 is 2.87 bits per heavy atom. The molecule has 0 aromatic carbocycles. The number of aromatic nitrogens is 1. The van der Waals surface area contributed by atoms with E-state index in [0.717, 1.165) is 0 Å². The third kappa shape index (κ3) is 1.92. The van der Waals surface area contributed by atoms with Crippen LogP contribution in [-0.4, -0.2) is 40.6 Å². The van der Waals surface area contributed by atoms with Crippen molar-refractivity contribution in [1.29, 1.82) is 0 Å². The first-order valence-electron chi connectivity index (χ1n) is 4.82. The number of nitrogen functional groups attached to an aromatic ring is 1. The second-order valence-corrected chi connectivity index (χ2v) is 3.74. The number of nitrogens with zero attached hydrogens (tertiary/aromatic N) is 2. The second-order valence-electron chi connectivity index (χ2n) is 3.74. The fourth-order valence-electron chi connectivity index (χ4n) is 1.54. The van der Waals surface area contributed by atoms with E-state index in [1.807, 2.05) is 0 Å². The smallest absolute Gasteiger partial charge is 0.272 e. The standard InChI is InChI=1S/C10H13N3O2/c11-8-1-2-9(12-3-8)10(15)13-4-7(5-13)6-14/h1-3,7,14H,4-6,11H2. The van der Waals surface area contributed by atoms with Gasteiger partial charge < -0.3 is 15.7 Å². The number of carbonyl (C=O) groups excluding carboxylic acids is 1. The molecule has 5 nitrogen and oxygen atoms in total. The van der Waals surface area contributed by atoms with Crippen molar-refractivity contribution in [1.82, 2.24) is 9.88 Å². The fourth-order valence-corrected chi connectivity index (χ4v) is 1.54. The van der Waals surface area contributed by atoms with E-state index in [4.69, 9.17) is 10.8 Å². The molecule has 2 rings (SSSR count). The average molecular weight is 207 g/mol. The lowest BCUT2D eigenvalue weighted by molar-refractivity contribution is 0.0356. The molecular weight excluding hydrogens is 194 g/mol. The second kappa shape index (κ2) is 3.86. The predicted molar refractivity (Wildman–Crippen MR) is 55.1 cm³/mol. The summed E-state index contributed by atoms with van der Waals surface area (Å²) in [7, 11) is 0. The summed E-state index contributed by atoms with van der Waals surface area (Å²) in [4.78, 5) is 17.4. The average Bonchev–Trinajstić information content (AvgIpc) is 2.17. The van der Waals surface area contributed by atoms with E-state index in [2.05, 4.69) is 4.98 Å². The third-order valence-corrected chi connectivity index (χ3v) is 2.51. The number of amides is 1. The van der Waals surface area contributed by atoms with Crippen LogP contribution in [0.4, 0.5) is 5.69 Å². The molecule has 0 bridgehead atoms. The van der Waals surface area contributed by atoms with E-state index >= 15 is 0 Å². The minimum absolute atomic E-state index is 0.0975. The number of hydrogen-bond acceptors (Lipinski definition) is 4. The highest BCUT2D eigenvalue weighted by Crippen LogP contribution is 2.17. The Labute approximate surface area is 87.5 Å². The van der Waals surface area contributed by atoms with Gasteiger partial charge in [0.1, 0.15) is 5.69 Å². The van der Waals surface area contributed by atoms with Crippen molar-refractivity contribution in [2.45, 2.75) is 0 Å². The Hall–Kier alpha value is -1.62. The minimum Gasteiger partial charge on any atom is -0.397 e. The number of hydrogen-bond donors (Lipinski definition) is 2. The summed E-state index contributed by atoms with van der Waals surface area (Å²) >= 11 is 0. The maximum atomic E-state index is 11.7. The summed E-state index contributed by atoms with van der Waals surface area (Å²) in [6.07, 6.45) is 1.47. The Bertz CT molecular complexity index is 357. The van der Waals surface area contributed by atoms with Crippen LogP contribution >= 0.6 is 0 Å². The number of nitrogens with two attached hydrogens (primary N) is 1. The van der Waals surface area contributed by atoms with Crippen LogP contribution in [0.2, 0.25) is 0 Å². The number of aliphatic hydroxyl groups is 1. The summed E-state index contributed by atoms with van der Waals surface area (Å²) < 4.78 is 0. The minimum atomic E-state index is -0.0975. The first-order chi connectivity index (χ1) is 7.20. The van der Waals surface area contributed by atoms with Gasteiger partial charge in [0.15, 0.2) is 0 Å². The Morgan fingerprint density at radius 2 is 2.33 bits per heavy atom. The zero-order valence-corrected chi connectivity index (χ0v) is 8.26. The number of likely N-dealkylation sites (tertiary alicyclic amines) is 1. The normalized spacial score (nSPS) is 16.2. The van der Waals surface area contributed by atoms with E-state index in [9.17, 15) is 4.79 Å². The van der Waals surface area contributed by atoms with Gasteiger partial charge in [-0.05, 0) is 12.1 Å². The maximum Gasteiger partial charge on any atom is 0.272 e. The quantitative estimate of drug-likeness (QED) is 0.699. The molecule has 80 valence electrons. The highest BCUT2D eigenvalue weighted by Gasteiger charge is 2.30. The number of pyridine rings is 1. The molecule has 1 aromatic heterocycles. The highest BCUT2D eigenvalue weighted by molar-refractivity contribution is 5.93. The largest absolute Gasteiger partial charge is 0.397 e. The third-order valence-electron chi connectivity index (χ3n) is 2.51. The maximum absolute atomic E-state index is 11.7. The molecule has 2 heterocycles. The van der Waals surface area contributed by atoms with Crippen molar-refractivity contribution in [2.24, 2.45) is 5.92 Å². The zero-order valence-electron chi connectivity index (χ0n) is 8.26. The van der Waals surface area contributed by atoms with Gasteiger partial charge in [-0.15, -0.1) is 0 Å². The van der Waals surface area contributed by atoms with Gasteiger partial charge in [-0.2, -0.15) is 0 Å². The van der Waals surface area contributed by atoms with E-state index < -0.39 is 0 Å². The van der Waals surface area contributed by atoms with Crippen molar-refractivity contribution in [3.05, 3.63) is 24.0 Å². The Balaban J connectivity index is 2.00. The molecule has 0 saturated carbocycles. The Morgan fingerprint density at radius 1 is 1.60 bits per heavy atom. The molecule has 1 aliphatic rings. The topological polar surface area (TPSA) is 79.5 Å². The molecule has 3 N–H and O–H groups in total. The highest BCUT2D eigenvalue weighted by atomic mass is 16.3. The van der Waals surface area contributed by atoms with Gasteiger partial charge in [0, 0.05) is 25.6 Å². The van der Waals surface area contributed by atoms with Crippen LogP contribution in [0.15, 0.2) is 18.3 Å². The van der Waals surface area contributed by atoms with E-state index in [1.165, 1.54) is 6.20 Å². The van der Waals surface area contributed by atoms with Gasteiger partial charge in [-0.25, -0.2) is 4.98 Å². The molecule has 0 aliphatic carbocycles. The van der Waals surface area contributed by atoms with Crippen LogP contribution in [0.25, 0.3) is 0 Å². The van der Waals surface area contributed by atoms with Gasteiger partial charge in [0.05, 0.1) is 11.9 Å². The summed E-state index contributed by atoms with van der Waals surface area (Å²) in [5.41, 5.74) is 6.42. The van der Waals surface area contributed by atoms with Gasteiger partial charge >= 0.3 is 0 Å². The van der Waals surface area contributed by atoms with E-state index in [0.29, 0.717) is 24.5 Å². The van der Waals surface area contributed by atoms with Gasteiger partial charge in [-0.3, -0.25) is 4.79 Å². The fraction of sp³-hybridized carbons (Fsp3) is 0.400. The lowest BCUT2D eigenvalue weighted by Crippen LogP contribution is -2.51. The van der Waals surface area contributed by atoms with Crippen LogP contribution in [0.5, 0.6) is 0 Å². The van der Waals surface area contributed by atoms with Crippen molar-refractivity contribution < 1.29 is 9.90 Å². The zero-order chi connectivity index (χ0) is 10.8. The first kappa shape index (κ1) is 9.92. The molecule has 1 aliphatic heterocycles. The summed E-state index contributed by atoms with van der Waals surface area (Å²) in [5.74, 6) is 0.127. The van der Waals surface area contributed by atoms with E-state index in [1.54, 1.807) is 17.0 Å². The molecule has 1 saturated heterocycles. The van der Waals surface area contributed by atoms with Crippen molar-refractivity contribution >= 4 is 11.6 Å².